The van der Waals surface area contributed by atoms with E-state index in [1.54, 1.807) is 7.11 Å². The fourth-order valence-electron chi connectivity index (χ4n) is 1.88. The van der Waals surface area contributed by atoms with E-state index < -0.39 is 5.54 Å². The van der Waals surface area contributed by atoms with E-state index >= 15 is 0 Å². The van der Waals surface area contributed by atoms with E-state index in [2.05, 4.69) is 10.1 Å². The van der Waals surface area contributed by atoms with Crippen LogP contribution in [0.4, 0.5) is 0 Å². The van der Waals surface area contributed by atoms with Crippen LogP contribution >= 0.6 is 0 Å². The van der Waals surface area contributed by atoms with E-state index in [0.717, 1.165) is 11.3 Å². The van der Waals surface area contributed by atoms with Crippen LogP contribution in [0.3, 0.4) is 0 Å². The molecule has 2 N–H and O–H groups in total. The third kappa shape index (κ3) is 3.12. The number of aryl methyl sites for hydroxylation is 1. The van der Waals surface area contributed by atoms with Gasteiger partial charge in [-0.2, -0.15) is 4.98 Å². The summed E-state index contributed by atoms with van der Waals surface area (Å²) in [5, 5.41) is 3.95. The molecule has 1 unspecified atom stereocenters. The summed E-state index contributed by atoms with van der Waals surface area (Å²) in [7, 11) is 1.65. The molecule has 1 heterocycles. The number of aromatic nitrogens is 2. The van der Waals surface area contributed by atoms with Crippen LogP contribution in [0.15, 0.2) is 28.8 Å². The zero-order valence-corrected chi connectivity index (χ0v) is 11.5. The van der Waals surface area contributed by atoms with Crippen molar-refractivity contribution in [3.05, 3.63) is 41.5 Å². The number of benzene rings is 1. The van der Waals surface area contributed by atoms with Gasteiger partial charge in [0.25, 0.3) is 0 Å². The Kier molecular flexibility index (Phi) is 3.85. The topological polar surface area (TPSA) is 74.2 Å². The van der Waals surface area contributed by atoms with Crippen LogP contribution in [-0.2, 0) is 18.4 Å². The van der Waals surface area contributed by atoms with Crippen molar-refractivity contribution in [3.8, 4) is 5.75 Å². The first-order valence-electron chi connectivity index (χ1n) is 6.30. The number of methoxy groups -OCH3 is 1. The lowest BCUT2D eigenvalue weighted by molar-refractivity contribution is 0.356. The fourth-order valence-corrected chi connectivity index (χ4v) is 1.88. The molecule has 0 radical (unpaired) electrons. The highest BCUT2D eigenvalue weighted by Gasteiger charge is 2.27. The third-order valence-corrected chi connectivity index (χ3v) is 3.01. The lowest BCUT2D eigenvalue weighted by Crippen LogP contribution is -2.36. The molecule has 1 aromatic carbocycles. The van der Waals surface area contributed by atoms with Crippen molar-refractivity contribution >= 4 is 0 Å². The Labute approximate surface area is 112 Å². The summed E-state index contributed by atoms with van der Waals surface area (Å²) in [5.41, 5.74) is 6.75. The van der Waals surface area contributed by atoms with Crippen molar-refractivity contribution in [2.75, 3.05) is 7.11 Å². The molecule has 0 bridgehead atoms. The average Bonchev–Trinajstić information content (AvgIpc) is 2.89. The maximum atomic E-state index is 6.29. The Bertz CT molecular complexity index is 532. The maximum Gasteiger partial charge on any atom is 0.226 e. The molecular formula is C14H19N3O2. The number of ether oxygens (including phenoxy) is 1. The number of hydrogen-bond acceptors (Lipinski definition) is 5. The molecule has 0 saturated carbocycles. The maximum absolute atomic E-state index is 6.29. The number of hydrogen-bond donors (Lipinski definition) is 1. The molecule has 1 aromatic heterocycles. The predicted molar refractivity (Wildman–Crippen MR) is 71.9 cm³/mol. The van der Waals surface area contributed by atoms with Crippen molar-refractivity contribution in [1.29, 1.82) is 0 Å². The van der Waals surface area contributed by atoms with Crippen LogP contribution in [0.2, 0.25) is 0 Å². The lowest BCUT2D eigenvalue weighted by Gasteiger charge is -2.20. The highest BCUT2D eigenvalue weighted by molar-refractivity contribution is 5.28. The van der Waals surface area contributed by atoms with Crippen molar-refractivity contribution < 1.29 is 9.26 Å². The van der Waals surface area contributed by atoms with Crippen molar-refractivity contribution in [3.63, 3.8) is 0 Å². The minimum Gasteiger partial charge on any atom is -0.497 e. The van der Waals surface area contributed by atoms with E-state index in [1.807, 2.05) is 38.1 Å². The van der Waals surface area contributed by atoms with Gasteiger partial charge in [-0.3, -0.25) is 0 Å². The molecule has 0 aliphatic heterocycles. The molecule has 0 amide bonds. The van der Waals surface area contributed by atoms with Crippen LogP contribution in [-0.4, -0.2) is 17.3 Å². The monoisotopic (exact) mass is 261 g/mol. The standard InChI is InChI=1S/C14H19N3O2/c1-4-12-16-13(17-19-12)14(2,15)9-10-5-7-11(18-3)8-6-10/h5-8H,4,9,15H2,1-3H3. The smallest absolute Gasteiger partial charge is 0.226 e. The van der Waals surface area contributed by atoms with Crippen LogP contribution in [0, 0.1) is 0 Å². The molecule has 1 atom stereocenters. The minimum absolute atomic E-state index is 0.542. The summed E-state index contributed by atoms with van der Waals surface area (Å²) in [5.74, 6) is 1.98. The molecule has 2 rings (SSSR count). The summed E-state index contributed by atoms with van der Waals surface area (Å²) >= 11 is 0. The molecule has 0 saturated heterocycles. The van der Waals surface area contributed by atoms with Crippen LogP contribution in [0.1, 0.15) is 31.1 Å². The third-order valence-electron chi connectivity index (χ3n) is 3.01. The van der Waals surface area contributed by atoms with Crippen LogP contribution in [0.5, 0.6) is 5.75 Å². The molecule has 2 aromatic rings. The van der Waals surface area contributed by atoms with Gasteiger partial charge in [-0.25, -0.2) is 0 Å². The second-order valence-corrected chi connectivity index (χ2v) is 4.81. The summed E-state index contributed by atoms with van der Waals surface area (Å²) in [6, 6.07) is 7.81. The normalized spacial score (nSPS) is 14.1. The molecule has 0 fully saturated rings. The van der Waals surface area contributed by atoms with Gasteiger partial charge >= 0.3 is 0 Å². The number of nitrogens with two attached hydrogens (primary N) is 1. The molecule has 5 nitrogen and oxygen atoms in total. The van der Waals surface area contributed by atoms with E-state index in [0.29, 0.717) is 24.6 Å². The molecule has 0 spiro atoms. The van der Waals surface area contributed by atoms with Crippen molar-refractivity contribution in [1.82, 2.24) is 10.1 Å². The van der Waals surface area contributed by atoms with Gasteiger partial charge in [-0.15, -0.1) is 0 Å². The molecule has 19 heavy (non-hydrogen) atoms. The van der Waals surface area contributed by atoms with Gasteiger partial charge in [0.15, 0.2) is 5.82 Å². The first kappa shape index (κ1) is 13.5. The van der Waals surface area contributed by atoms with E-state index in [-0.39, 0.29) is 0 Å². The minimum atomic E-state index is -0.647. The second-order valence-electron chi connectivity index (χ2n) is 4.81. The van der Waals surface area contributed by atoms with Gasteiger partial charge in [0.2, 0.25) is 5.89 Å². The number of nitrogens with zero attached hydrogens (tertiary/aromatic N) is 2. The van der Waals surface area contributed by atoms with Crippen molar-refractivity contribution in [2.24, 2.45) is 5.73 Å². The van der Waals surface area contributed by atoms with Crippen molar-refractivity contribution in [2.45, 2.75) is 32.2 Å². The predicted octanol–water partition coefficient (Wildman–Crippen LogP) is 2.06. The van der Waals surface area contributed by atoms with Gasteiger partial charge in [0, 0.05) is 6.42 Å². The Morgan fingerprint density at radius 1 is 1.32 bits per heavy atom. The first-order valence-corrected chi connectivity index (χ1v) is 6.30. The Hall–Kier alpha value is -1.88. The highest BCUT2D eigenvalue weighted by Crippen LogP contribution is 2.22. The van der Waals surface area contributed by atoms with Gasteiger partial charge < -0.3 is 15.0 Å². The summed E-state index contributed by atoms with van der Waals surface area (Å²) in [6.45, 7) is 3.87. The number of rotatable bonds is 5. The Morgan fingerprint density at radius 2 is 2.00 bits per heavy atom. The zero-order chi connectivity index (χ0) is 13.9. The van der Waals surface area contributed by atoms with Crippen LogP contribution in [0.25, 0.3) is 0 Å². The van der Waals surface area contributed by atoms with Gasteiger partial charge in [0.1, 0.15) is 5.75 Å². The average molecular weight is 261 g/mol. The molecule has 0 aliphatic carbocycles. The summed E-state index contributed by atoms with van der Waals surface area (Å²) in [4.78, 5) is 4.30. The van der Waals surface area contributed by atoms with Crippen LogP contribution < -0.4 is 10.5 Å². The highest BCUT2D eigenvalue weighted by atomic mass is 16.5. The first-order chi connectivity index (χ1) is 9.05. The zero-order valence-electron chi connectivity index (χ0n) is 11.5. The fraction of sp³-hybridized carbons (Fsp3) is 0.429. The lowest BCUT2D eigenvalue weighted by atomic mass is 9.93. The Balaban J connectivity index is 2.15. The van der Waals surface area contributed by atoms with E-state index in [4.69, 9.17) is 15.0 Å². The molecule has 102 valence electrons. The quantitative estimate of drug-likeness (QED) is 0.891. The molecule has 0 aliphatic rings. The molecular weight excluding hydrogens is 242 g/mol. The van der Waals surface area contributed by atoms with Gasteiger partial charge in [-0.05, 0) is 31.0 Å². The largest absolute Gasteiger partial charge is 0.497 e. The Morgan fingerprint density at radius 3 is 2.53 bits per heavy atom. The van der Waals surface area contributed by atoms with Gasteiger partial charge in [0.05, 0.1) is 12.6 Å². The summed E-state index contributed by atoms with van der Waals surface area (Å²) < 4.78 is 10.2. The SMILES string of the molecule is CCc1nc(C(C)(N)Cc2ccc(OC)cc2)no1. The second kappa shape index (κ2) is 5.40. The van der Waals surface area contributed by atoms with E-state index in [9.17, 15) is 0 Å². The summed E-state index contributed by atoms with van der Waals surface area (Å²) in [6.07, 6.45) is 1.35. The molecule has 5 heteroatoms. The van der Waals surface area contributed by atoms with Gasteiger partial charge in [-0.1, -0.05) is 24.2 Å². The van der Waals surface area contributed by atoms with E-state index in [1.165, 1.54) is 0 Å².